The summed E-state index contributed by atoms with van der Waals surface area (Å²) in [6, 6.07) is 7.96. The van der Waals surface area contributed by atoms with Gasteiger partial charge in [0, 0.05) is 43.2 Å². The Balaban J connectivity index is 1.67. The summed E-state index contributed by atoms with van der Waals surface area (Å²) in [5.74, 6) is -0.0284. The second kappa shape index (κ2) is 7.36. The average molecular weight is 333 g/mol. The van der Waals surface area contributed by atoms with Gasteiger partial charge < -0.3 is 15.1 Å². The van der Waals surface area contributed by atoms with Gasteiger partial charge in [-0.15, -0.1) is 11.8 Å². The van der Waals surface area contributed by atoms with Crippen molar-refractivity contribution < 1.29 is 9.59 Å². The van der Waals surface area contributed by atoms with Gasteiger partial charge in [0.1, 0.15) is 0 Å². The van der Waals surface area contributed by atoms with E-state index in [1.165, 1.54) is 4.90 Å². The zero-order valence-electron chi connectivity index (χ0n) is 13.5. The lowest BCUT2D eigenvalue weighted by atomic mass is 10.1. The third-order valence-corrected chi connectivity index (χ3v) is 5.25. The van der Waals surface area contributed by atoms with Crippen molar-refractivity contribution in [3.63, 3.8) is 0 Å². The van der Waals surface area contributed by atoms with Gasteiger partial charge in [-0.25, -0.2) is 0 Å². The van der Waals surface area contributed by atoms with Crippen LogP contribution in [-0.4, -0.2) is 55.7 Å². The van der Waals surface area contributed by atoms with Crippen LogP contribution in [0.25, 0.3) is 0 Å². The number of benzene rings is 1. The number of nitrogens with zero attached hydrogens (tertiary/aromatic N) is 2. The van der Waals surface area contributed by atoms with E-state index in [-0.39, 0.29) is 17.7 Å². The molecule has 0 aromatic heterocycles. The first-order chi connectivity index (χ1) is 11.2. The molecule has 2 heterocycles. The second-order valence-corrected chi connectivity index (χ2v) is 6.91. The number of rotatable bonds is 3. The lowest BCUT2D eigenvalue weighted by molar-refractivity contribution is -0.135. The molecule has 0 radical (unpaired) electrons. The van der Waals surface area contributed by atoms with Crippen molar-refractivity contribution in [2.24, 2.45) is 5.92 Å². The minimum atomic E-state index is -0.208. The fraction of sp³-hybridized carbons (Fsp3) is 0.529. The summed E-state index contributed by atoms with van der Waals surface area (Å²) in [7, 11) is 0. The van der Waals surface area contributed by atoms with Crippen LogP contribution in [0.1, 0.15) is 12.8 Å². The largest absolute Gasteiger partial charge is 0.341 e. The van der Waals surface area contributed by atoms with E-state index in [0.717, 1.165) is 38.3 Å². The summed E-state index contributed by atoms with van der Waals surface area (Å²) in [6.45, 7) is 3.83. The van der Waals surface area contributed by atoms with Crippen LogP contribution in [0.2, 0.25) is 0 Å². The van der Waals surface area contributed by atoms with Crippen molar-refractivity contribution in [2.45, 2.75) is 17.7 Å². The second-order valence-electron chi connectivity index (χ2n) is 6.03. The maximum absolute atomic E-state index is 12.7. The molecule has 1 aromatic carbocycles. The summed E-state index contributed by atoms with van der Waals surface area (Å²) >= 11 is 1.68. The van der Waals surface area contributed by atoms with Gasteiger partial charge >= 0.3 is 0 Å². The monoisotopic (exact) mass is 333 g/mol. The lowest BCUT2D eigenvalue weighted by Gasteiger charge is -2.23. The van der Waals surface area contributed by atoms with Crippen LogP contribution in [0.4, 0.5) is 5.69 Å². The molecule has 0 aliphatic carbocycles. The zero-order valence-corrected chi connectivity index (χ0v) is 14.3. The highest BCUT2D eigenvalue weighted by atomic mass is 32.2. The first-order valence-electron chi connectivity index (χ1n) is 8.13. The number of hydrogen-bond donors (Lipinski definition) is 1. The number of carbonyl (C=O) groups excluding carboxylic acids is 2. The molecule has 0 spiro atoms. The molecule has 0 saturated carbocycles. The smallest absolute Gasteiger partial charge is 0.228 e. The number of thioether (sulfide) groups is 1. The van der Waals surface area contributed by atoms with Crippen LogP contribution in [0.3, 0.4) is 0 Å². The quantitative estimate of drug-likeness (QED) is 0.854. The number of hydrogen-bond acceptors (Lipinski definition) is 4. The Morgan fingerprint density at radius 3 is 2.74 bits per heavy atom. The van der Waals surface area contributed by atoms with Crippen molar-refractivity contribution in [1.29, 1.82) is 0 Å². The van der Waals surface area contributed by atoms with E-state index in [0.29, 0.717) is 13.0 Å². The Morgan fingerprint density at radius 2 is 2.00 bits per heavy atom. The van der Waals surface area contributed by atoms with Crippen molar-refractivity contribution in [3.8, 4) is 0 Å². The Labute approximate surface area is 141 Å². The Bertz CT molecular complexity index is 568. The highest BCUT2D eigenvalue weighted by Crippen LogP contribution is 2.28. The van der Waals surface area contributed by atoms with Crippen LogP contribution in [0.5, 0.6) is 0 Å². The highest BCUT2D eigenvalue weighted by molar-refractivity contribution is 7.98. The molecule has 2 aliphatic heterocycles. The van der Waals surface area contributed by atoms with E-state index in [4.69, 9.17) is 0 Å². The minimum absolute atomic E-state index is 0.0493. The van der Waals surface area contributed by atoms with Crippen LogP contribution >= 0.6 is 11.8 Å². The summed E-state index contributed by atoms with van der Waals surface area (Å²) < 4.78 is 0. The third-order valence-electron chi connectivity index (χ3n) is 4.51. The van der Waals surface area contributed by atoms with Gasteiger partial charge in [0.25, 0.3) is 0 Å². The predicted octanol–water partition coefficient (Wildman–Crippen LogP) is 1.58. The molecule has 0 bridgehead atoms. The van der Waals surface area contributed by atoms with E-state index in [1.54, 1.807) is 16.7 Å². The summed E-state index contributed by atoms with van der Waals surface area (Å²) in [5, 5.41) is 3.30. The zero-order chi connectivity index (χ0) is 16.2. The van der Waals surface area contributed by atoms with Crippen LogP contribution in [0, 0.1) is 5.92 Å². The van der Waals surface area contributed by atoms with E-state index in [9.17, 15) is 9.59 Å². The fourth-order valence-electron chi connectivity index (χ4n) is 3.21. The summed E-state index contributed by atoms with van der Waals surface area (Å²) in [5.41, 5.74) is 0.889. The first kappa shape index (κ1) is 16.3. The fourth-order valence-corrected chi connectivity index (χ4v) is 3.62. The molecule has 5 nitrogen and oxygen atoms in total. The van der Waals surface area contributed by atoms with Crippen LogP contribution in [0.15, 0.2) is 29.2 Å². The van der Waals surface area contributed by atoms with Crippen molar-refractivity contribution in [3.05, 3.63) is 24.3 Å². The molecule has 1 unspecified atom stereocenters. The molecule has 3 rings (SSSR count). The van der Waals surface area contributed by atoms with Crippen LogP contribution in [-0.2, 0) is 9.59 Å². The molecular weight excluding hydrogens is 310 g/mol. The molecule has 2 fully saturated rings. The first-order valence-corrected chi connectivity index (χ1v) is 9.35. The van der Waals surface area contributed by atoms with E-state index < -0.39 is 0 Å². The maximum Gasteiger partial charge on any atom is 0.228 e. The van der Waals surface area contributed by atoms with Gasteiger partial charge in [-0.3, -0.25) is 9.59 Å². The van der Waals surface area contributed by atoms with Gasteiger partial charge in [-0.05, 0) is 43.5 Å². The molecule has 1 aromatic rings. The lowest BCUT2D eigenvalue weighted by Crippen LogP contribution is -2.39. The number of amides is 2. The molecule has 2 aliphatic rings. The van der Waals surface area contributed by atoms with Crippen LogP contribution < -0.4 is 10.2 Å². The Kier molecular flexibility index (Phi) is 5.23. The third kappa shape index (κ3) is 3.70. The molecular formula is C17H23N3O2S. The van der Waals surface area contributed by atoms with Crippen molar-refractivity contribution in [1.82, 2.24) is 10.2 Å². The highest BCUT2D eigenvalue weighted by Gasteiger charge is 2.37. The molecule has 2 amide bonds. The SMILES string of the molecule is CSc1ccc(N2CC(C(=O)N3CCCNCC3)CC2=O)cc1. The number of anilines is 1. The number of nitrogens with one attached hydrogen (secondary N) is 1. The van der Waals surface area contributed by atoms with Crippen molar-refractivity contribution in [2.75, 3.05) is 43.9 Å². The molecule has 6 heteroatoms. The molecule has 1 atom stereocenters. The average Bonchev–Trinajstić information content (AvgIpc) is 2.79. The van der Waals surface area contributed by atoms with Gasteiger partial charge in [0.05, 0.1) is 5.92 Å². The van der Waals surface area contributed by atoms with E-state index in [1.807, 2.05) is 35.4 Å². The van der Waals surface area contributed by atoms with Gasteiger partial charge in [-0.2, -0.15) is 0 Å². The van der Waals surface area contributed by atoms with Gasteiger partial charge in [0.15, 0.2) is 0 Å². The molecule has 2 saturated heterocycles. The standard InChI is InChI=1S/C17H23N3O2S/c1-23-15-5-3-14(4-6-15)20-12-13(11-16(20)21)17(22)19-9-2-7-18-8-10-19/h3-6,13,18H,2,7-12H2,1H3. The summed E-state index contributed by atoms with van der Waals surface area (Å²) in [6.07, 6.45) is 3.33. The molecule has 1 N–H and O–H groups in total. The topological polar surface area (TPSA) is 52.7 Å². The molecule has 124 valence electrons. The maximum atomic E-state index is 12.7. The minimum Gasteiger partial charge on any atom is -0.341 e. The normalized spacial score (nSPS) is 22.3. The van der Waals surface area contributed by atoms with E-state index >= 15 is 0 Å². The molecule has 23 heavy (non-hydrogen) atoms. The predicted molar refractivity (Wildman–Crippen MR) is 92.7 cm³/mol. The number of carbonyl (C=O) groups is 2. The van der Waals surface area contributed by atoms with Gasteiger partial charge in [-0.1, -0.05) is 0 Å². The Hall–Kier alpha value is -1.53. The Morgan fingerprint density at radius 1 is 1.22 bits per heavy atom. The summed E-state index contributed by atoms with van der Waals surface area (Å²) in [4.78, 5) is 29.9. The van der Waals surface area contributed by atoms with E-state index in [2.05, 4.69) is 5.32 Å². The van der Waals surface area contributed by atoms with Gasteiger partial charge in [0.2, 0.25) is 11.8 Å². The van der Waals surface area contributed by atoms with Crippen molar-refractivity contribution >= 4 is 29.3 Å².